The molecule has 0 saturated carbocycles. The van der Waals surface area contributed by atoms with Crippen molar-refractivity contribution in [1.82, 2.24) is 0 Å². The summed E-state index contributed by atoms with van der Waals surface area (Å²) in [6.45, 7) is 0. The van der Waals surface area contributed by atoms with Crippen molar-refractivity contribution in [3.05, 3.63) is 47.5 Å². The molecular formula is C18H18O6. The summed E-state index contributed by atoms with van der Waals surface area (Å²) in [6.07, 6.45) is 2.90. The van der Waals surface area contributed by atoms with Gasteiger partial charge in [0.05, 0.1) is 21.3 Å². The Bertz CT molecular complexity index is 765. The quantitative estimate of drug-likeness (QED) is 0.625. The van der Waals surface area contributed by atoms with Gasteiger partial charge in [-0.25, -0.2) is 0 Å². The maximum atomic E-state index is 12.5. The van der Waals surface area contributed by atoms with Crippen LogP contribution in [0.5, 0.6) is 28.7 Å². The van der Waals surface area contributed by atoms with Gasteiger partial charge in [0.15, 0.2) is 17.3 Å². The number of benzene rings is 2. The lowest BCUT2D eigenvalue weighted by Crippen LogP contribution is -2.04. The van der Waals surface area contributed by atoms with Crippen LogP contribution in [0.3, 0.4) is 0 Å². The fraction of sp³-hybridized carbons (Fsp3) is 0.167. The first-order valence-corrected chi connectivity index (χ1v) is 7.06. The van der Waals surface area contributed by atoms with Crippen LogP contribution in [-0.4, -0.2) is 37.3 Å². The summed E-state index contributed by atoms with van der Waals surface area (Å²) >= 11 is 0. The number of allylic oxidation sites excluding steroid dienone is 1. The molecule has 0 atom stereocenters. The van der Waals surface area contributed by atoms with Crippen molar-refractivity contribution >= 4 is 11.9 Å². The van der Waals surface area contributed by atoms with E-state index in [1.165, 1.54) is 27.4 Å². The topological polar surface area (TPSA) is 85.2 Å². The van der Waals surface area contributed by atoms with Crippen LogP contribution >= 0.6 is 0 Å². The van der Waals surface area contributed by atoms with Crippen LogP contribution in [0.2, 0.25) is 0 Å². The Labute approximate surface area is 139 Å². The van der Waals surface area contributed by atoms with Crippen molar-refractivity contribution in [3.63, 3.8) is 0 Å². The monoisotopic (exact) mass is 330 g/mol. The Hall–Kier alpha value is -3.15. The number of rotatable bonds is 6. The standard InChI is InChI=1S/C18H18O6/c1-22-16-13(12(19)10-9-11-7-5-4-6-8-11)14(20)17(23-2)15(21)18(16)24-3/h4-10,20-21H,1-3H3/b10-9+. The number of methoxy groups -OCH3 is 3. The van der Waals surface area contributed by atoms with E-state index in [0.29, 0.717) is 0 Å². The number of carbonyl (C=O) groups is 1. The van der Waals surface area contributed by atoms with Crippen LogP contribution in [-0.2, 0) is 0 Å². The van der Waals surface area contributed by atoms with Gasteiger partial charge in [0.2, 0.25) is 17.2 Å². The van der Waals surface area contributed by atoms with Crippen LogP contribution in [0.4, 0.5) is 0 Å². The lowest BCUT2D eigenvalue weighted by atomic mass is 10.0. The van der Waals surface area contributed by atoms with Gasteiger partial charge < -0.3 is 24.4 Å². The minimum Gasteiger partial charge on any atom is -0.504 e. The molecule has 0 amide bonds. The SMILES string of the molecule is COc1c(O)c(OC)c(OC)c(C(=O)/C=C/c2ccccc2)c1O. The first-order valence-electron chi connectivity index (χ1n) is 7.06. The van der Waals surface area contributed by atoms with Crippen LogP contribution in [0.25, 0.3) is 6.08 Å². The smallest absolute Gasteiger partial charge is 0.208 e. The number of phenolic OH excluding ortho intramolecular Hbond substituents is 2. The third-order valence-corrected chi connectivity index (χ3v) is 3.40. The van der Waals surface area contributed by atoms with E-state index in [4.69, 9.17) is 14.2 Å². The maximum absolute atomic E-state index is 12.5. The average Bonchev–Trinajstić information content (AvgIpc) is 2.60. The van der Waals surface area contributed by atoms with Crippen molar-refractivity contribution in [2.45, 2.75) is 0 Å². The summed E-state index contributed by atoms with van der Waals surface area (Å²) in [5.41, 5.74) is 0.665. The highest BCUT2D eigenvalue weighted by Crippen LogP contribution is 2.52. The molecule has 0 aliphatic carbocycles. The molecule has 0 spiro atoms. The van der Waals surface area contributed by atoms with E-state index in [9.17, 15) is 15.0 Å². The van der Waals surface area contributed by atoms with E-state index in [1.54, 1.807) is 6.08 Å². The molecule has 0 aliphatic heterocycles. The van der Waals surface area contributed by atoms with Gasteiger partial charge in [-0.2, -0.15) is 0 Å². The van der Waals surface area contributed by atoms with Crippen molar-refractivity contribution in [1.29, 1.82) is 0 Å². The molecule has 6 heteroatoms. The van der Waals surface area contributed by atoms with Crippen molar-refractivity contribution in [2.75, 3.05) is 21.3 Å². The van der Waals surface area contributed by atoms with Crippen molar-refractivity contribution in [2.24, 2.45) is 0 Å². The van der Waals surface area contributed by atoms with Gasteiger partial charge in [0, 0.05) is 0 Å². The Morgan fingerprint density at radius 2 is 1.46 bits per heavy atom. The van der Waals surface area contributed by atoms with Gasteiger partial charge in [0.1, 0.15) is 5.56 Å². The molecule has 0 bridgehead atoms. The molecule has 6 nitrogen and oxygen atoms in total. The van der Waals surface area contributed by atoms with Crippen LogP contribution < -0.4 is 14.2 Å². The number of ether oxygens (including phenoxy) is 3. The molecule has 2 aromatic carbocycles. The molecule has 0 fully saturated rings. The number of hydrogen-bond donors (Lipinski definition) is 2. The highest BCUT2D eigenvalue weighted by Gasteiger charge is 2.29. The predicted octanol–water partition coefficient (Wildman–Crippen LogP) is 3.02. The number of aromatic hydroxyl groups is 2. The normalized spacial score (nSPS) is 10.6. The van der Waals surface area contributed by atoms with Crippen molar-refractivity contribution < 1.29 is 29.2 Å². The third-order valence-electron chi connectivity index (χ3n) is 3.40. The predicted molar refractivity (Wildman–Crippen MR) is 89.2 cm³/mol. The second kappa shape index (κ2) is 7.41. The molecule has 0 unspecified atom stereocenters. The first kappa shape index (κ1) is 17.2. The lowest BCUT2D eigenvalue weighted by molar-refractivity contribution is 0.104. The molecule has 0 radical (unpaired) electrons. The fourth-order valence-electron chi connectivity index (χ4n) is 2.28. The summed E-state index contributed by atoms with van der Waals surface area (Å²) in [5, 5.41) is 20.4. The van der Waals surface area contributed by atoms with Gasteiger partial charge in [0.25, 0.3) is 0 Å². The van der Waals surface area contributed by atoms with Crippen LogP contribution in [0.1, 0.15) is 15.9 Å². The first-order chi connectivity index (χ1) is 11.5. The molecular weight excluding hydrogens is 312 g/mol. The Morgan fingerprint density at radius 3 is 2.00 bits per heavy atom. The van der Waals surface area contributed by atoms with E-state index in [2.05, 4.69) is 0 Å². The summed E-state index contributed by atoms with van der Waals surface area (Å²) < 4.78 is 15.2. The number of phenols is 2. The Kier molecular flexibility index (Phi) is 5.31. The second-order valence-electron chi connectivity index (χ2n) is 4.78. The largest absolute Gasteiger partial charge is 0.504 e. The van der Waals surface area contributed by atoms with Gasteiger partial charge in [-0.05, 0) is 11.6 Å². The number of carbonyl (C=O) groups excluding carboxylic acids is 1. The van der Waals surface area contributed by atoms with E-state index in [-0.39, 0.29) is 22.8 Å². The zero-order valence-electron chi connectivity index (χ0n) is 13.6. The minimum atomic E-state index is -0.523. The van der Waals surface area contributed by atoms with Gasteiger partial charge in [-0.3, -0.25) is 4.79 Å². The van der Waals surface area contributed by atoms with Crippen molar-refractivity contribution in [3.8, 4) is 28.7 Å². The zero-order valence-corrected chi connectivity index (χ0v) is 13.6. The molecule has 0 aromatic heterocycles. The Morgan fingerprint density at radius 1 is 0.875 bits per heavy atom. The minimum absolute atomic E-state index is 0.0731. The molecule has 0 heterocycles. The van der Waals surface area contributed by atoms with Gasteiger partial charge in [-0.1, -0.05) is 36.4 Å². The summed E-state index contributed by atoms with van der Waals surface area (Å²) in [6, 6.07) is 9.21. The highest BCUT2D eigenvalue weighted by molar-refractivity contribution is 6.12. The fourth-order valence-corrected chi connectivity index (χ4v) is 2.28. The van der Waals surface area contributed by atoms with E-state index in [1.807, 2.05) is 30.3 Å². The molecule has 2 rings (SSSR count). The second-order valence-corrected chi connectivity index (χ2v) is 4.78. The number of ketones is 1. The van der Waals surface area contributed by atoms with E-state index < -0.39 is 17.3 Å². The van der Waals surface area contributed by atoms with Gasteiger partial charge in [-0.15, -0.1) is 0 Å². The number of hydrogen-bond acceptors (Lipinski definition) is 6. The zero-order chi connectivity index (χ0) is 17.7. The summed E-state index contributed by atoms with van der Waals surface area (Å²) in [4.78, 5) is 12.5. The molecule has 24 heavy (non-hydrogen) atoms. The molecule has 126 valence electrons. The van der Waals surface area contributed by atoms with Gasteiger partial charge >= 0.3 is 0 Å². The molecule has 2 N–H and O–H groups in total. The maximum Gasteiger partial charge on any atom is 0.208 e. The molecule has 0 saturated heterocycles. The summed E-state index contributed by atoms with van der Waals surface area (Å²) in [5.74, 6) is -1.91. The Balaban J connectivity index is 2.56. The molecule has 0 aliphatic rings. The van der Waals surface area contributed by atoms with E-state index >= 15 is 0 Å². The van der Waals surface area contributed by atoms with Crippen LogP contribution in [0.15, 0.2) is 36.4 Å². The highest BCUT2D eigenvalue weighted by atomic mass is 16.5. The molecule has 2 aromatic rings. The van der Waals surface area contributed by atoms with E-state index in [0.717, 1.165) is 5.56 Å². The lowest BCUT2D eigenvalue weighted by Gasteiger charge is -2.17. The third kappa shape index (κ3) is 3.12. The average molecular weight is 330 g/mol. The summed E-state index contributed by atoms with van der Waals surface area (Å²) in [7, 11) is 3.87. The van der Waals surface area contributed by atoms with Crippen LogP contribution in [0, 0.1) is 0 Å².